The quantitative estimate of drug-likeness (QED) is 0.282. The molecule has 3 aromatic carbocycles. The third-order valence-electron chi connectivity index (χ3n) is 7.39. The van der Waals surface area contributed by atoms with E-state index in [1.807, 2.05) is 0 Å². The molecule has 3 atom stereocenters. The molecule has 3 N–H and O–H groups in total. The van der Waals surface area contributed by atoms with Crippen molar-refractivity contribution in [2.75, 3.05) is 16.8 Å². The fourth-order valence-corrected chi connectivity index (χ4v) is 5.62. The first-order chi connectivity index (χ1) is 20.1. The van der Waals surface area contributed by atoms with Gasteiger partial charge in [-0.05, 0) is 61.0 Å². The van der Waals surface area contributed by atoms with Crippen LogP contribution in [0.1, 0.15) is 46.1 Å². The van der Waals surface area contributed by atoms with Gasteiger partial charge in [-0.1, -0.05) is 11.6 Å². The monoisotopic (exact) mass is 588 g/mol. The van der Waals surface area contributed by atoms with E-state index in [-0.39, 0.29) is 34.3 Å². The third kappa shape index (κ3) is 4.85. The minimum atomic E-state index is -1.08. The fourth-order valence-electron chi connectivity index (χ4n) is 5.39. The maximum absolute atomic E-state index is 14.3. The maximum atomic E-state index is 14.3. The molecule has 3 heterocycles. The number of fused-ring (bicyclic) bond motifs is 2. The van der Waals surface area contributed by atoms with Gasteiger partial charge in [0, 0.05) is 44.7 Å². The van der Waals surface area contributed by atoms with Gasteiger partial charge in [0.2, 0.25) is 0 Å². The summed E-state index contributed by atoms with van der Waals surface area (Å²) in [4.78, 5) is 28.2. The Morgan fingerprint density at radius 3 is 2.69 bits per heavy atom. The van der Waals surface area contributed by atoms with Crippen molar-refractivity contribution < 1.29 is 23.5 Å². The van der Waals surface area contributed by atoms with Gasteiger partial charge in [0.1, 0.15) is 11.6 Å². The number of hydrogen-bond acceptors (Lipinski definition) is 5. The zero-order valence-corrected chi connectivity index (χ0v) is 22.9. The van der Waals surface area contributed by atoms with Crippen LogP contribution in [0.25, 0.3) is 11.1 Å². The van der Waals surface area contributed by atoms with Gasteiger partial charge in [0.05, 0.1) is 49.1 Å². The van der Waals surface area contributed by atoms with E-state index in [2.05, 4.69) is 21.8 Å². The Balaban J connectivity index is 1.44. The maximum Gasteiger partial charge on any atom is 0.326 e. The average molecular weight is 589 g/mol. The number of hydrogen-bond donors (Lipinski definition) is 3. The van der Waals surface area contributed by atoms with Crippen LogP contribution in [-0.4, -0.2) is 33.4 Å². The summed E-state index contributed by atoms with van der Waals surface area (Å²) < 4.78 is 29.7. The summed E-state index contributed by atoms with van der Waals surface area (Å²) >= 11 is 6.41. The molecule has 0 unspecified atom stereocenters. The molecular formula is C30H23ClF2N6O3. The van der Waals surface area contributed by atoms with Crippen molar-refractivity contribution in [1.82, 2.24) is 15.1 Å². The predicted octanol–water partition coefficient (Wildman–Crippen LogP) is 5.56. The number of nitrogens with zero attached hydrogens (tertiary/aromatic N) is 4. The van der Waals surface area contributed by atoms with E-state index in [1.165, 1.54) is 41.3 Å². The van der Waals surface area contributed by atoms with Crippen LogP contribution in [-0.2, 0) is 6.54 Å². The molecule has 42 heavy (non-hydrogen) atoms. The first-order valence-corrected chi connectivity index (χ1v) is 13.4. The molecule has 0 saturated heterocycles. The Morgan fingerprint density at radius 2 is 1.93 bits per heavy atom. The largest absolute Gasteiger partial charge is 0.386 e. The van der Waals surface area contributed by atoms with Gasteiger partial charge in [0.25, 0.3) is 5.91 Å². The van der Waals surface area contributed by atoms with Crippen LogP contribution in [0.2, 0.25) is 5.02 Å². The summed E-state index contributed by atoms with van der Waals surface area (Å²) in [5.41, 5.74) is 3.01. The standard InChI is InChI=1S/C30H23ClF2N6O3/c1-15(10-34)12-38-13-17(11-35-38)16-6-22-27(28(37-29(22)41)20-8-18(32)2-4-23(20)31)24(7-16)36-30(42)39-14-26(40)21-9-19(33)3-5-25(21)39/h2-9,11,13,15,26,28,40H,12,14H2,1H3,(H,36,42)(H,37,41)/t15-,26-,28+/m1/s1. The number of aromatic nitrogens is 2. The second kappa shape index (κ2) is 10.6. The van der Waals surface area contributed by atoms with Gasteiger partial charge < -0.3 is 15.7 Å². The first kappa shape index (κ1) is 27.4. The summed E-state index contributed by atoms with van der Waals surface area (Å²) in [5.74, 6) is -1.81. The number of anilines is 2. The van der Waals surface area contributed by atoms with Crippen molar-refractivity contribution >= 4 is 34.9 Å². The zero-order chi connectivity index (χ0) is 29.7. The Morgan fingerprint density at radius 1 is 1.19 bits per heavy atom. The lowest BCUT2D eigenvalue weighted by Crippen LogP contribution is -2.34. The molecule has 0 bridgehead atoms. The highest BCUT2D eigenvalue weighted by Gasteiger charge is 2.37. The number of carbonyl (C=O) groups excluding carboxylic acids is 2. The van der Waals surface area contributed by atoms with E-state index < -0.39 is 35.7 Å². The number of amides is 3. The predicted molar refractivity (Wildman–Crippen MR) is 151 cm³/mol. The van der Waals surface area contributed by atoms with E-state index in [0.717, 1.165) is 0 Å². The van der Waals surface area contributed by atoms with Crippen LogP contribution < -0.4 is 15.5 Å². The molecule has 3 amide bonds. The molecule has 4 aromatic rings. The third-order valence-corrected chi connectivity index (χ3v) is 7.73. The molecule has 9 nitrogen and oxygen atoms in total. The molecule has 1 aromatic heterocycles. The zero-order valence-electron chi connectivity index (χ0n) is 22.1. The Bertz CT molecular complexity index is 1800. The number of urea groups is 1. The van der Waals surface area contributed by atoms with Crippen molar-refractivity contribution in [2.24, 2.45) is 5.92 Å². The summed E-state index contributed by atoms with van der Waals surface area (Å²) in [6.07, 6.45) is 2.24. The lowest BCUT2D eigenvalue weighted by atomic mass is 9.93. The molecule has 0 fully saturated rings. The Kier molecular flexibility index (Phi) is 6.88. The summed E-state index contributed by atoms with van der Waals surface area (Å²) in [6, 6.07) is 11.6. The number of carbonyl (C=O) groups is 2. The molecule has 6 rings (SSSR count). The first-order valence-electron chi connectivity index (χ1n) is 13.0. The molecule has 2 aliphatic rings. The van der Waals surface area contributed by atoms with Crippen molar-refractivity contribution in [3.63, 3.8) is 0 Å². The van der Waals surface area contributed by atoms with Crippen LogP contribution in [0.15, 0.2) is 60.9 Å². The SMILES string of the molecule is C[C@H](C#N)Cn1cc(-c2cc(NC(=O)N3C[C@@H](O)c4cc(F)ccc43)c3c(c2)C(=O)N[C@H]3c2cc(F)ccc2Cl)cn1. The molecule has 2 aliphatic heterocycles. The van der Waals surface area contributed by atoms with Crippen molar-refractivity contribution in [2.45, 2.75) is 25.6 Å². The smallest absolute Gasteiger partial charge is 0.326 e. The van der Waals surface area contributed by atoms with Crippen molar-refractivity contribution in [1.29, 1.82) is 5.26 Å². The molecule has 12 heteroatoms. The van der Waals surface area contributed by atoms with Gasteiger partial charge in [-0.2, -0.15) is 10.4 Å². The lowest BCUT2D eigenvalue weighted by molar-refractivity contribution is 0.0960. The minimum Gasteiger partial charge on any atom is -0.386 e. The van der Waals surface area contributed by atoms with Crippen LogP contribution >= 0.6 is 11.6 Å². The van der Waals surface area contributed by atoms with Crippen LogP contribution in [0.4, 0.5) is 25.0 Å². The Labute approximate surface area is 243 Å². The van der Waals surface area contributed by atoms with E-state index in [1.54, 1.807) is 36.1 Å². The second-order valence-electron chi connectivity index (χ2n) is 10.3. The highest BCUT2D eigenvalue weighted by molar-refractivity contribution is 6.31. The average Bonchev–Trinajstić information content (AvgIpc) is 3.66. The van der Waals surface area contributed by atoms with Crippen molar-refractivity contribution in [3.05, 3.63) is 99.8 Å². The number of benzene rings is 3. The van der Waals surface area contributed by atoms with Crippen molar-refractivity contribution in [3.8, 4) is 17.2 Å². The summed E-state index contributed by atoms with van der Waals surface area (Å²) in [5, 5.41) is 29.9. The highest BCUT2D eigenvalue weighted by Crippen LogP contribution is 2.42. The second-order valence-corrected chi connectivity index (χ2v) is 10.7. The van der Waals surface area contributed by atoms with E-state index in [9.17, 15) is 23.5 Å². The van der Waals surface area contributed by atoms with Crippen LogP contribution in [0, 0.1) is 28.9 Å². The number of nitrogens with one attached hydrogen (secondary N) is 2. The van der Waals surface area contributed by atoms with E-state index >= 15 is 0 Å². The normalized spacial score (nSPS) is 17.8. The highest BCUT2D eigenvalue weighted by atomic mass is 35.5. The molecule has 0 saturated carbocycles. The topological polar surface area (TPSA) is 123 Å². The van der Waals surface area contributed by atoms with Crippen LogP contribution in [0.3, 0.4) is 0 Å². The number of β-amino-alcohol motifs (C(OH)–C–C–N with tert-alkyl or cyclic N) is 1. The van der Waals surface area contributed by atoms with Gasteiger partial charge in [-0.15, -0.1) is 0 Å². The van der Waals surface area contributed by atoms with E-state index in [0.29, 0.717) is 34.5 Å². The lowest BCUT2D eigenvalue weighted by Gasteiger charge is -2.22. The number of nitriles is 1. The summed E-state index contributed by atoms with van der Waals surface area (Å²) in [7, 11) is 0. The molecule has 0 spiro atoms. The van der Waals surface area contributed by atoms with Crippen LogP contribution in [0.5, 0.6) is 0 Å². The minimum absolute atomic E-state index is 0.104. The van der Waals surface area contributed by atoms with Gasteiger partial charge in [-0.25, -0.2) is 13.6 Å². The van der Waals surface area contributed by atoms with Gasteiger partial charge in [-0.3, -0.25) is 14.4 Å². The van der Waals surface area contributed by atoms with E-state index in [4.69, 9.17) is 16.9 Å². The van der Waals surface area contributed by atoms with Gasteiger partial charge in [0.15, 0.2) is 0 Å². The van der Waals surface area contributed by atoms with Gasteiger partial charge >= 0.3 is 6.03 Å². The number of rotatable bonds is 5. The molecule has 0 aliphatic carbocycles. The number of aliphatic hydroxyl groups is 1. The molecule has 212 valence electrons. The molecule has 0 radical (unpaired) electrons. The number of aliphatic hydroxyl groups excluding tert-OH is 1. The number of halogens is 3. The fraction of sp³-hybridized carbons (Fsp3) is 0.200. The Hall–Kier alpha value is -4.79. The summed E-state index contributed by atoms with van der Waals surface area (Å²) in [6.45, 7) is 2.03. The molecular weight excluding hydrogens is 566 g/mol.